The molecule has 0 spiro atoms. The molecule has 0 aliphatic carbocycles. The number of nitriles is 1. The summed E-state index contributed by atoms with van der Waals surface area (Å²) in [6.07, 6.45) is 2.82. The van der Waals surface area contributed by atoms with Crippen molar-refractivity contribution in [3.05, 3.63) is 34.2 Å². The van der Waals surface area contributed by atoms with Crippen LogP contribution >= 0.6 is 0 Å². The van der Waals surface area contributed by atoms with Crippen molar-refractivity contribution < 1.29 is 4.79 Å². The number of amides is 1. The number of rotatable bonds is 4. The van der Waals surface area contributed by atoms with Crippen LogP contribution in [0.5, 0.6) is 0 Å². The van der Waals surface area contributed by atoms with Crippen LogP contribution < -0.4 is 10.9 Å². The van der Waals surface area contributed by atoms with Crippen LogP contribution in [0, 0.1) is 11.3 Å². The van der Waals surface area contributed by atoms with E-state index in [4.69, 9.17) is 5.26 Å². The third-order valence-corrected chi connectivity index (χ3v) is 2.08. The molecule has 1 aromatic rings. The van der Waals surface area contributed by atoms with Crippen molar-refractivity contribution in [2.45, 2.75) is 25.8 Å². The highest BCUT2D eigenvalue weighted by atomic mass is 16.2. The second kappa shape index (κ2) is 5.71. The summed E-state index contributed by atoms with van der Waals surface area (Å²) in [6, 6.07) is 4.20. The molecule has 1 unspecified atom stereocenters. The number of H-pyrrole nitrogens is 1. The van der Waals surface area contributed by atoms with Crippen LogP contribution in [-0.2, 0) is 0 Å². The van der Waals surface area contributed by atoms with Gasteiger partial charge in [0.1, 0.15) is 6.04 Å². The SMILES string of the molecule is CCCC(C#N)NC(=O)c1cc[nH]c(=O)c1. The van der Waals surface area contributed by atoms with Crippen LogP contribution in [0.15, 0.2) is 23.1 Å². The van der Waals surface area contributed by atoms with E-state index in [-0.39, 0.29) is 11.1 Å². The zero-order valence-electron chi connectivity index (χ0n) is 8.99. The first-order valence-electron chi connectivity index (χ1n) is 5.06. The molecule has 5 nitrogen and oxygen atoms in total. The van der Waals surface area contributed by atoms with E-state index in [0.29, 0.717) is 6.42 Å². The fourth-order valence-electron chi connectivity index (χ4n) is 1.29. The van der Waals surface area contributed by atoms with Crippen LogP contribution in [0.25, 0.3) is 0 Å². The molecular formula is C11H13N3O2. The molecule has 0 aliphatic rings. The lowest BCUT2D eigenvalue weighted by Gasteiger charge is -2.09. The number of carbonyl (C=O) groups excluding carboxylic acids is 1. The average Bonchev–Trinajstić information content (AvgIpc) is 2.28. The number of aromatic nitrogens is 1. The van der Waals surface area contributed by atoms with Gasteiger partial charge in [0.2, 0.25) is 5.56 Å². The molecule has 0 saturated heterocycles. The van der Waals surface area contributed by atoms with Crippen molar-refractivity contribution >= 4 is 5.91 Å². The summed E-state index contributed by atoms with van der Waals surface area (Å²) in [5.74, 6) is -0.397. The highest BCUT2D eigenvalue weighted by Gasteiger charge is 2.12. The Hall–Kier alpha value is -2.09. The normalized spacial score (nSPS) is 11.5. The molecule has 0 fully saturated rings. The maximum absolute atomic E-state index is 11.6. The highest BCUT2D eigenvalue weighted by molar-refractivity contribution is 5.94. The summed E-state index contributed by atoms with van der Waals surface area (Å²) in [5, 5.41) is 11.3. The zero-order chi connectivity index (χ0) is 12.0. The number of nitrogens with zero attached hydrogens (tertiary/aromatic N) is 1. The fourth-order valence-corrected chi connectivity index (χ4v) is 1.29. The van der Waals surface area contributed by atoms with Crippen molar-refractivity contribution in [3.63, 3.8) is 0 Å². The first kappa shape index (κ1) is 12.0. The first-order valence-corrected chi connectivity index (χ1v) is 5.06. The molecule has 0 aromatic carbocycles. The van der Waals surface area contributed by atoms with E-state index in [2.05, 4.69) is 10.3 Å². The summed E-state index contributed by atoms with van der Waals surface area (Å²) in [6.45, 7) is 1.93. The van der Waals surface area contributed by atoms with Gasteiger partial charge in [0, 0.05) is 17.8 Å². The number of pyridine rings is 1. The molecule has 0 radical (unpaired) electrons. The topological polar surface area (TPSA) is 85.8 Å². The molecule has 0 saturated carbocycles. The van der Waals surface area contributed by atoms with Gasteiger partial charge >= 0.3 is 0 Å². The molecule has 1 atom stereocenters. The molecule has 2 N–H and O–H groups in total. The molecule has 0 aliphatic heterocycles. The molecule has 1 rings (SSSR count). The second-order valence-electron chi connectivity index (χ2n) is 3.39. The summed E-state index contributed by atoms with van der Waals surface area (Å²) in [7, 11) is 0. The van der Waals surface area contributed by atoms with E-state index in [0.717, 1.165) is 6.42 Å². The molecule has 5 heteroatoms. The summed E-state index contributed by atoms with van der Waals surface area (Å²) in [4.78, 5) is 25.0. The van der Waals surface area contributed by atoms with Crippen molar-refractivity contribution in [1.29, 1.82) is 5.26 Å². The Kier molecular flexibility index (Phi) is 4.28. The third kappa shape index (κ3) is 3.24. The average molecular weight is 219 g/mol. The molecule has 16 heavy (non-hydrogen) atoms. The number of hydrogen-bond donors (Lipinski definition) is 2. The lowest BCUT2D eigenvalue weighted by Crippen LogP contribution is -2.34. The predicted molar refractivity (Wildman–Crippen MR) is 58.8 cm³/mol. The molecule has 0 bridgehead atoms. The van der Waals surface area contributed by atoms with Crippen molar-refractivity contribution in [2.75, 3.05) is 0 Å². The summed E-state index contributed by atoms with van der Waals surface area (Å²) >= 11 is 0. The van der Waals surface area contributed by atoms with Crippen LogP contribution in [0.3, 0.4) is 0 Å². The minimum Gasteiger partial charge on any atom is -0.336 e. The van der Waals surface area contributed by atoms with Gasteiger partial charge < -0.3 is 10.3 Å². The maximum atomic E-state index is 11.6. The van der Waals surface area contributed by atoms with Gasteiger partial charge in [-0.05, 0) is 12.5 Å². The number of nitrogens with one attached hydrogen (secondary N) is 2. The lowest BCUT2D eigenvalue weighted by atomic mass is 10.1. The Morgan fingerprint density at radius 2 is 2.44 bits per heavy atom. The number of aromatic amines is 1. The van der Waals surface area contributed by atoms with Gasteiger partial charge in [0.05, 0.1) is 6.07 Å². The van der Waals surface area contributed by atoms with E-state index in [1.54, 1.807) is 0 Å². The van der Waals surface area contributed by atoms with Crippen molar-refractivity contribution in [3.8, 4) is 6.07 Å². The van der Waals surface area contributed by atoms with Crippen LogP contribution in [0.4, 0.5) is 0 Å². The van der Waals surface area contributed by atoms with E-state index in [1.165, 1.54) is 18.3 Å². The largest absolute Gasteiger partial charge is 0.336 e. The monoisotopic (exact) mass is 219 g/mol. The number of hydrogen-bond acceptors (Lipinski definition) is 3. The van der Waals surface area contributed by atoms with Crippen LogP contribution in [-0.4, -0.2) is 16.9 Å². The molecule has 1 heterocycles. The summed E-state index contributed by atoms with van der Waals surface area (Å²) in [5.41, 5.74) is -0.0725. The lowest BCUT2D eigenvalue weighted by molar-refractivity contribution is 0.0943. The highest BCUT2D eigenvalue weighted by Crippen LogP contribution is 1.98. The fraction of sp³-hybridized carbons (Fsp3) is 0.364. The van der Waals surface area contributed by atoms with E-state index in [1.807, 2.05) is 13.0 Å². The second-order valence-corrected chi connectivity index (χ2v) is 3.39. The van der Waals surface area contributed by atoms with E-state index >= 15 is 0 Å². The third-order valence-electron chi connectivity index (χ3n) is 2.08. The molecular weight excluding hydrogens is 206 g/mol. The van der Waals surface area contributed by atoms with Gasteiger partial charge in [-0.25, -0.2) is 0 Å². The minimum atomic E-state index is -0.503. The minimum absolute atomic E-state index is 0.264. The molecule has 1 amide bonds. The van der Waals surface area contributed by atoms with Gasteiger partial charge in [-0.2, -0.15) is 5.26 Å². The molecule has 1 aromatic heterocycles. The van der Waals surface area contributed by atoms with E-state index in [9.17, 15) is 9.59 Å². The maximum Gasteiger partial charge on any atom is 0.252 e. The smallest absolute Gasteiger partial charge is 0.252 e. The van der Waals surface area contributed by atoms with Gasteiger partial charge in [0.15, 0.2) is 0 Å². The standard InChI is InChI=1S/C11H13N3O2/c1-2-3-9(7-12)14-11(16)8-4-5-13-10(15)6-8/h4-6,9H,2-3H2,1H3,(H,13,15)(H,14,16). The van der Waals surface area contributed by atoms with Gasteiger partial charge in [-0.15, -0.1) is 0 Å². The Bertz CT molecular complexity index is 459. The Balaban J connectivity index is 2.72. The first-order chi connectivity index (χ1) is 7.67. The van der Waals surface area contributed by atoms with Gasteiger partial charge in [0.25, 0.3) is 5.91 Å². The predicted octanol–water partition coefficient (Wildman–Crippen LogP) is 0.797. The van der Waals surface area contributed by atoms with Crippen LogP contribution in [0.1, 0.15) is 30.1 Å². The zero-order valence-corrected chi connectivity index (χ0v) is 8.99. The molecule has 84 valence electrons. The van der Waals surface area contributed by atoms with Crippen LogP contribution in [0.2, 0.25) is 0 Å². The van der Waals surface area contributed by atoms with Gasteiger partial charge in [-0.1, -0.05) is 13.3 Å². The Morgan fingerprint density at radius 1 is 1.69 bits per heavy atom. The Labute approximate surface area is 93.1 Å². The van der Waals surface area contributed by atoms with Crippen molar-refractivity contribution in [1.82, 2.24) is 10.3 Å². The summed E-state index contributed by atoms with van der Waals surface area (Å²) < 4.78 is 0. The number of carbonyl (C=O) groups is 1. The Morgan fingerprint density at radius 3 is 3.00 bits per heavy atom. The van der Waals surface area contributed by atoms with Crippen molar-refractivity contribution in [2.24, 2.45) is 0 Å². The van der Waals surface area contributed by atoms with Gasteiger partial charge in [-0.3, -0.25) is 9.59 Å². The quantitative estimate of drug-likeness (QED) is 0.785. The van der Waals surface area contributed by atoms with E-state index < -0.39 is 11.9 Å².